The highest BCUT2D eigenvalue weighted by Crippen LogP contribution is 2.37. The van der Waals surface area contributed by atoms with Crippen LogP contribution in [0.3, 0.4) is 0 Å². The highest BCUT2D eigenvalue weighted by molar-refractivity contribution is 7.99. The van der Waals surface area contributed by atoms with Gasteiger partial charge in [0, 0.05) is 15.7 Å². The lowest BCUT2D eigenvalue weighted by Crippen LogP contribution is -2.38. The Morgan fingerprint density at radius 1 is 1.48 bits per heavy atom. The molecule has 1 heterocycles. The Kier molecular flexibility index (Phi) is 4.77. The second-order valence-corrected chi connectivity index (χ2v) is 7.37. The average Bonchev–Trinajstić information content (AvgIpc) is 3.29. The molecule has 0 saturated heterocycles. The second-order valence-electron chi connectivity index (χ2n) is 5.80. The van der Waals surface area contributed by atoms with Crippen LogP contribution in [-0.4, -0.2) is 24.4 Å². The number of nitrogens with one attached hydrogen (secondary N) is 1. The van der Waals surface area contributed by atoms with E-state index in [-0.39, 0.29) is 18.1 Å². The molecule has 5 heteroatoms. The molecular weight excluding hydrogens is 306 g/mol. The number of carbonyl (C=O) groups is 1. The molecule has 2 aliphatic rings. The molecule has 2 atom stereocenters. The summed E-state index contributed by atoms with van der Waals surface area (Å²) in [6, 6.07) is 5.94. The van der Waals surface area contributed by atoms with Crippen LogP contribution in [0.4, 0.5) is 0 Å². The number of ether oxygens (including phenoxy) is 1. The third kappa shape index (κ3) is 3.93. The van der Waals surface area contributed by atoms with Crippen LogP contribution in [0.1, 0.15) is 37.8 Å². The highest BCUT2D eigenvalue weighted by atomic mass is 35.5. The van der Waals surface area contributed by atoms with Crippen molar-refractivity contribution in [3.05, 3.63) is 28.8 Å². The van der Waals surface area contributed by atoms with Crippen LogP contribution in [0.5, 0.6) is 0 Å². The third-order valence-corrected chi connectivity index (χ3v) is 5.33. The van der Waals surface area contributed by atoms with Gasteiger partial charge in [0.25, 0.3) is 0 Å². The maximum absolute atomic E-state index is 12.3. The maximum atomic E-state index is 12.3. The molecule has 1 aromatic carbocycles. The summed E-state index contributed by atoms with van der Waals surface area (Å²) < 4.78 is 5.64. The fraction of sp³-hybridized carbons (Fsp3) is 0.562. The summed E-state index contributed by atoms with van der Waals surface area (Å²) in [5.41, 5.74) is 1.13. The van der Waals surface area contributed by atoms with E-state index in [2.05, 4.69) is 5.32 Å². The number of thioether (sulfide) groups is 1. The van der Waals surface area contributed by atoms with Gasteiger partial charge in [-0.25, -0.2) is 0 Å². The van der Waals surface area contributed by atoms with Crippen molar-refractivity contribution in [1.29, 1.82) is 0 Å². The fourth-order valence-electron chi connectivity index (χ4n) is 2.44. The Morgan fingerprint density at radius 2 is 2.29 bits per heavy atom. The Labute approximate surface area is 134 Å². The quantitative estimate of drug-likeness (QED) is 0.894. The molecule has 1 N–H and O–H groups in total. The number of rotatable bonds is 5. The van der Waals surface area contributed by atoms with Gasteiger partial charge in [-0.3, -0.25) is 4.79 Å². The minimum atomic E-state index is -0.386. The van der Waals surface area contributed by atoms with Crippen LogP contribution in [0.15, 0.2) is 23.1 Å². The molecule has 1 saturated carbocycles. The number of carbonyl (C=O) groups excluding carboxylic acids is 1. The molecule has 0 spiro atoms. The first-order valence-corrected chi connectivity index (χ1v) is 8.84. The van der Waals surface area contributed by atoms with E-state index >= 15 is 0 Å². The summed E-state index contributed by atoms with van der Waals surface area (Å²) in [6.45, 7) is 2.53. The molecule has 3 rings (SSSR count). The van der Waals surface area contributed by atoms with Gasteiger partial charge in [-0.15, -0.1) is 11.8 Å². The number of hydrogen-bond donors (Lipinski definition) is 1. The second kappa shape index (κ2) is 6.59. The summed E-state index contributed by atoms with van der Waals surface area (Å²) in [7, 11) is 0. The minimum absolute atomic E-state index is 0.0292. The van der Waals surface area contributed by atoms with E-state index in [1.54, 1.807) is 0 Å². The molecule has 1 amide bonds. The molecule has 0 radical (unpaired) electrons. The normalized spacial score (nSPS) is 22.5. The van der Waals surface area contributed by atoms with Crippen molar-refractivity contribution in [3.63, 3.8) is 0 Å². The summed E-state index contributed by atoms with van der Waals surface area (Å²) in [5, 5.41) is 3.83. The van der Waals surface area contributed by atoms with Crippen molar-refractivity contribution in [3.8, 4) is 0 Å². The fourth-order valence-corrected chi connectivity index (χ4v) is 3.73. The number of hydrogen-bond acceptors (Lipinski definition) is 3. The van der Waals surface area contributed by atoms with Crippen molar-refractivity contribution in [2.45, 2.75) is 43.2 Å². The van der Waals surface area contributed by atoms with Gasteiger partial charge in [-0.2, -0.15) is 0 Å². The van der Waals surface area contributed by atoms with Gasteiger partial charge >= 0.3 is 0 Å². The Balaban J connectivity index is 1.62. The SMILES string of the molecule is CC(OCC1CC1)C(=O)NC1CCSc2ccc(Cl)cc21. The first-order chi connectivity index (χ1) is 10.1. The highest BCUT2D eigenvalue weighted by Gasteiger charge is 2.27. The van der Waals surface area contributed by atoms with Gasteiger partial charge in [0.1, 0.15) is 6.10 Å². The molecule has 3 nitrogen and oxygen atoms in total. The van der Waals surface area contributed by atoms with Crippen LogP contribution in [0.25, 0.3) is 0 Å². The van der Waals surface area contributed by atoms with Crippen molar-refractivity contribution < 1.29 is 9.53 Å². The molecule has 0 bridgehead atoms. The van der Waals surface area contributed by atoms with E-state index in [1.807, 2.05) is 36.9 Å². The maximum Gasteiger partial charge on any atom is 0.249 e. The number of amides is 1. The van der Waals surface area contributed by atoms with E-state index in [9.17, 15) is 4.79 Å². The third-order valence-electron chi connectivity index (χ3n) is 3.98. The van der Waals surface area contributed by atoms with Gasteiger partial charge in [0.15, 0.2) is 0 Å². The lowest BCUT2D eigenvalue weighted by atomic mass is 10.0. The van der Waals surface area contributed by atoms with Crippen molar-refractivity contribution in [2.24, 2.45) is 5.92 Å². The van der Waals surface area contributed by atoms with E-state index in [0.717, 1.165) is 17.7 Å². The predicted molar refractivity (Wildman–Crippen MR) is 85.8 cm³/mol. The van der Waals surface area contributed by atoms with E-state index < -0.39 is 0 Å². The summed E-state index contributed by atoms with van der Waals surface area (Å²) >= 11 is 7.90. The summed E-state index contributed by atoms with van der Waals surface area (Å²) in [5.74, 6) is 1.65. The molecule has 1 aliphatic heterocycles. The zero-order chi connectivity index (χ0) is 14.8. The van der Waals surface area contributed by atoms with Crippen molar-refractivity contribution in [1.82, 2.24) is 5.32 Å². The van der Waals surface area contributed by atoms with E-state index in [4.69, 9.17) is 16.3 Å². The van der Waals surface area contributed by atoms with Crippen LogP contribution in [-0.2, 0) is 9.53 Å². The van der Waals surface area contributed by atoms with E-state index in [0.29, 0.717) is 17.5 Å². The predicted octanol–water partition coefficient (Wildman–Crippen LogP) is 3.81. The summed E-state index contributed by atoms with van der Waals surface area (Å²) in [4.78, 5) is 13.5. The van der Waals surface area contributed by atoms with Crippen molar-refractivity contribution >= 4 is 29.3 Å². The molecule has 2 unspecified atom stereocenters. The van der Waals surface area contributed by atoms with Gasteiger partial charge < -0.3 is 10.1 Å². The lowest BCUT2D eigenvalue weighted by Gasteiger charge is -2.27. The van der Waals surface area contributed by atoms with Gasteiger partial charge in [0.2, 0.25) is 5.91 Å². The van der Waals surface area contributed by atoms with Gasteiger partial charge in [-0.05, 0) is 55.9 Å². The average molecular weight is 326 g/mol. The molecule has 114 valence electrons. The van der Waals surface area contributed by atoms with E-state index in [1.165, 1.54) is 17.7 Å². The number of fused-ring (bicyclic) bond motifs is 1. The largest absolute Gasteiger partial charge is 0.368 e. The van der Waals surface area contributed by atoms with Crippen LogP contribution in [0.2, 0.25) is 5.02 Å². The Hall–Kier alpha value is -0.710. The summed E-state index contributed by atoms with van der Waals surface area (Å²) in [6.07, 6.45) is 3.02. The molecular formula is C16H20ClNO2S. The molecule has 1 fully saturated rings. The first-order valence-electron chi connectivity index (χ1n) is 7.47. The zero-order valence-electron chi connectivity index (χ0n) is 12.1. The van der Waals surface area contributed by atoms with Crippen LogP contribution in [0, 0.1) is 5.92 Å². The molecule has 0 aromatic heterocycles. The van der Waals surface area contributed by atoms with Gasteiger partial charge in [0.05, 0.1) is 12.6 Å². The Morgan fingerprint density at radius 3 is 3.05 bits per heavy atom. The number of halogens is 1. The smallest absolute Gasteiger partial charge is 0.249 e. The monoisotopic (exact) mass is 325 g/mol. The van der Waals surface area contributed by atoms with Crippen molar-refractivity contribution in [2.75, 3.05) is 12.4 Å². The zero-order valence-corrected chi connectivity index (χ0v) is 13.7. The number of benzene rings is 1. The molecule has 21 heavy (non-hydrogen) atoms. The van der Waals surface area contributed by atoms with Crippen LogP contribution < -0.4 is 5.32 Å². The Bertz CT molecular complexity index is 533. The topological polar surface area (TPSA) is 38.3 Å². The van der Waals surface area contributed by atoms with Gasteiger partial charge in [-0.1, -0.05) is 11.6 Å². The standard InChI is InChI=1S/C16H20ClNO2S/c1-10(20-9-11-2-3-11)16(19)18-14-6-7-21-15-5-4-12(17)8-13(14)15/h4-5,8,10-11,14H,2-3,6-7,9H2,1H3,(H,18,19). The lowest BCUT2D eigenvalue weighted by molar-refractivity contribution is -0.132. The molecule has 1 aromatic rings. The molecule has 1 aliphatic carbocycles. The minimum Gasteiger partial charge on any atom is -0.368 e. The first kappa shape index (κ1) is 15.2. The van der Waals surface area contributed by atoms with Crippen LogP contribution >= 0.6 is 23.4 Å².